The second kappa shape index (κ2) is 10.3. The smallest absolute Gasteiger partial charge is 0.270 e. The minimum atomic E-state index is 0.122. The molecule has 5 rings (SSSR count). The van der Waals surface area contributed by atoms with Crippen LogP contribution in [0.2, 0.25) is 0 Å². The number of hydrogen-bond acceptors (Lipinski definition) is 4. The van der Waals surface area contributed by atoms with Gasteiger partial charge < -0.3 is 14.2 Å². The molecular formula is C28H29N3O2S. The van der Waals surface area contributed by atoms with Gasteiger partial charge in [-0.05, 0) is 40.8 Å². The molecule has 34 heavy (non-hydrogen) atoms. The number of carbonyl (C=O) groups excluding carboxylic acids is 1. The number of methoxy groups -OCH3 is 1. The lowest BCUT2D eigenvalue weighted by Crippen LogP contribution is -2.49. The molecule has 0 bridgehead atoms. The van der Waals surface area contributed by atoms with Gasteiger partial charge >= 0.3 is 0 Å². The summed E-state index contributed by atoms with van der Waals surface area (Å²) in [6, 6.07) is 22.6. The van der Waals surface area contributed by atoms with E-state index in [4.69, 9.17) is 4.74 Å². The zero-order valence-electron chi connectivity index (χ0n) is 19.4. The third kappa shape index (κ3) is 4.93. The second-order valence-electron chi connectivity index (χ2n) is 8.55. The number of amides is 1. The number of piperazine rings is 1. The summed E-state index contributed by atoms with van der Waals surface area (Å²) in [5.74, 6) is 0.960. The summed E-state index contributed by atoms with van der Waals surface area (Å²) in [4.78, 5) is 19.1. The molecule has 1 aliphatic heterocycles. The van der Waals surface area contributed by atoms with Crippen LogP contribution in [0.15, 0.2) is 78.2 Å². The van der Waals surface area contributed by atoms with Crippen LogP contribution < -0.4 is 4.74 Å². The molecule has 0 unspecified atom stereocenters. The van der Waals surface area contributed by atoms with Crippen molar-refractivity contribution < 1.29 is 9.53 Å². The van der Waals surface area contributed by atoms with E-state index in [9.17, 15) is 4.79 Å². The highest BCUT2D eigenvalue weighted by Crippen LogP contribution is 2.28. The summed E-state index contributed by atoms with van der Waals surface area (Å²) in [6.07, 6.45) is 4.37. The number of rotatable bonds is 7. The molecule has 0 saturated carbocycles. The van der Waals surface area contributed by atoms with Crippen molar-refractivity contribution in [2.45, 2.75) is 6.54 Å². The standard InChI is InChI=1S/C28H29N3O2S/c1-33-25-11-9-23(10-12-25)21-31-26(20-24-13-19-34-28(24)31)27(32)30-17-15-29(16-18-30)14-5-8-22-6-3-2-4-7-22/h2-13,19-20H,14-18,21H2,1H3. The number of carbonyl (C=O) groups is 1. The largest absolute Gasteiger partial charge is 0.497 e. The van der Waals surface area contributed by atoms with Gasteiger partial charge in [0.15, 0.2) is 0 Å². The van der Waals surface area contributed by atoms with E-state index in [1.54, 1.807) is 18.4 Å². The Morgan fingerprint density at radius 2 is 1.76 bits per heavy atom. The van der Waals surface area contributed by atoms with Crippen LogP contribution in [0.1, 0.15) is 21.6 Å². The van der Waals surface area contributed by atoms with Crippen molar-refractivity contribution in [3.05, 3.63) is 95.0 Å². The summed E-state index contributed by atoms with van der Waals surface area (Å²) in [7, 11) is 1.67. The maximum absolute atomic E-state index is 13.5. The van der Waals surface area contributed by atoms with Crippen LogP contribution in [0.5, 0.6) is 5.75 Å². The van der Waals surface area contributed by atoms with Crippen LogP contribution in [-0.4, -0.2) is 60.1 Å². The average molecular weight is 472 g/mol. The summed E-state index contributed by atoms with van der Waals surface area (Å²) in [5.41, 5.74) is 3.14. The van der Waals surface area contributed by atoms with Gasteiger partial charge in [-0.1, -0.05) is 54.6 Å². The summed E-state index contributed by atoms with van der Waals surface area (Å²) in [6.45, 7) is 4.84. The molecule has 1 amide bonds. The van der Waals surface area contributed by atoms with Crippen molar-refractivity contribution in [1.82, 2.24) is 14.4 Å². The van der Waals surface area contributed by atoms with Crippen molar-refractivity contribution in [2.24, 2.45) is 0 Å². The molecule has 0 N–H and O–H groups in total. The molecule has 0 radical (unpaired) electrons. The zero-order valence-corrected chi connectivity index (χ0v) is 20.2. The molecular weight excluding hydrogens is 442 g/mol. The Balaban J connectivity index is 1.25. The molecule has 0 spiro atoms. The molecule has 2 aromatic carbocycles. The van der Waals surface area contributed by atoms with Gasteiger partial charge in [-0.2, -0.15) is 0 Å². The number of fused-ring (bicyclic) bond motifs is 1. The topological polar surface area (TPSA) is 37.7 Å². The monoisotopic (exact) mass is 471 g/mol. The number of nitrogens with zero attached hydrogens (tertiary/aromatic N) is 3. The molecule has 4 aromatic rings. The lowest BCUT2D eigenvalue weighted by Gasteiger charge is -2.34. The first-order chi connectivity index (χ1) is 16.7. The Hall–Kier alpha value is -3.35. The van der Waals surface area contributed by atoms with Crippen LogP contribution in [0.4, 0.5) is 0 Å². The van der Waals surface area contributed by atoms with Gasteiger partial charge in [0.25, 0.3) is 5.91 Å². The summed E-state index contributed by atoms with van der Waals surface area (Å²) in [5, 5.41) is 3.22. The minimum absolute atomic E-state index is 0.122. The molecule has 1 aliphatic rings. The molecule has 174 valence electrons. The van der Waals surface area contributed by atoms with E-state index in [0.29, 0.717) is 6.54 Å². The first-order valence-corrected chi connectivity index (χ1v) is 12.5. The van der Waals surface area contributed by atoms with Gasteiger partial charge in [-0.25, -0.2) is 0 Å². The lowest BCUT2D eigenvalue weighted by atomic mass is 10.2. The first kappa shape index (κ1) is 22.4. The van der Waals surface area contributed by atoms with Gasteiger partial charge in [-0.15, -0.1) is 11.3 Å². The molecule has 2 aromatic heterocycles. The zero-order chi connectivity index (χ0) is 23.3. The molecule has 5 nitrogen and oxygen atoms in total. The third-order valence-electron chi connectivity index (χ3n) is 6.35. The maximum Gasteiger partial charge on any atom is 0.270 e. The Labute approximate surface area is 204 Å². The van der Waals surface area contributed by atoms with Crippen LogP contribution in [0, 0.1) is 0 Å². The lowest BCUT2D eigenvalue weighted by molar-refractivity contribution is 0.0640. The van der Waals surface area contributed by atoms with E-state index < -0.39 is 0 Å². The molecule has 1 saturated heterocycles. The van der Waals surface area contributed by atoms with Crippen LogP contribution in [-0.2, 0) is 6.54 Å². The Kier molecular flexibility index (Phi) is 6.79. The van der Waals surface area contributed by atoms with Crippen LogP contribution >= 0.6 is 11.3 Å². The Bertz CT molecular complexity index is 1270. The van der Waals surface area contributed by atoms with E-state index in [1.807, 2.05) is 29.2 Å². The third-order valence-corrected chi connectivity index (χ3v) is 7.31. The molecule has 0 atom stereocenters. The summed E-state index contributed by atoms with van der Waals surface area (Å²) < 4.78 is 7.45. The maximum atomic E-state index is 13.5. The Morgan fingerprint density at radius 1 is 1.00 bits per heavy atom. The van der Waals surface area contributed by atoms with Gasteiger partial charge in [0, 0.05) is 44.7 Å². The predicted octanol–water partition coefficient (Wildman–Crippen LogP) is 5.23. The normalized spacial score (nSPS) is 14.8. The number of aromatic nitrogens is 1. The Morgan fingerprint density at radius 3 is 2.50 bits per heavy atom. The van der Waals surface area contributed by atoms with Crippen molar-refractivity contribution in [2.75, 3.05) is 39.8 Å². The van der Waals surface area contributed by atoms with Crippen molar-refractivity contribution in [1.29, 1.82) is 0 Å². The van der Waals surface area contributed by atoms with Crippen molar-refractivity contribution in [3.8, 4) is 5.75 Å². The van der Waals surface area contributed by atoms with Crippen LogP contribution in [0.25, 0.3) is 16.3 Å². The molecule has 6 heteroatoms. The van der Waals surface area contributed by atoms with Gasteiger partial charge in [-0.3, -0.25) is 9.69 Å². The minimum Gasteiger partial charge on any atom is -0.497 e. The number of hydrogen-bond donors (Lipinski definition) is 0. The van der Waals surface area contributed by atoms with Gasteiger partial charge in [0.05, 0.1) is 7.11 Å². The highest BCUT2D eigenvalue weighted by Gasteiger charge is 2.25. The average Bonchev–Trinajstić information content (AvgIpc) is 3.48. The first-order valence-electron chi connectivity index (χ1n) is 11.6. The number of ether oxygens (including phenoxy) is 1. The fourth-order valence-electron chi connectivity index (χ4n) is 4.42. The van der Waals surface area contributed by atoms with E-state index in [0.717, 1.165) is 59.9 Å². The fraction of sp³-hybridized carbons (Fsp3) is 0.250. The van der Waals surface area contributed by atoms with E-state index in [2.05, 4.69) is 69.5 Å². The molecule has 1 fully saturated rings. The quantitative estimate of drug-likeness (QED) is 0.370. The van der Waals surface area contributed by atoms with Crippen molar-refractivity contribution in [3.63, 3.8) is 0 Å². The second-order valence-corrected chi connectivity index (χ2v) is 9.45. The highest BCUT2D eigenvalue weighted by atomic mass is 32.1. The van der Waals surface area contributed by atoms with Crippen molar-refractivity contribution >= 4 is 33.5 Å². The number of thiophene rings is 1. The van der Waals surface area contributed by atoms with Gasteiger partial charge in [0.2, 0.25) is 0 Å². The SMILES string of the molecule is COc1ccc(Cn2c(C(=O)N3CCN(CC=Cc4ccccc4)CC3)cc3ccsc32)cc1. The molecule has 3 heterocycles. The fourth-order valence-corrected chi connectivity index (χ4v) is 5.32. The van der Waals surface area contributed by atoms with E-state index >= 15 is 0 Å². The van der Waals surface area contributed by atoms with Crippen LogP contribution in [0.3, 0.4) is 0 Å². The number of benzene rings is 2. The van der Waals surface area contributed by atoms with E-state index in [1.165, 1.54) is 5.56 Å². The van der Waals surface area contributed by atoms with Gasteiger partial charge in [0.1, 0.15) is 16.3 Å². The van der Waals surface area contributed by atoms with E-state index in [-0.39, 0.29) is 5.91 Å². The molecule has 0 aliphatic carbocycles. The predicted molar refractivity (Wildman–Crippen MR) is 140 cm³/mol. The summed E-state index contributed by atoms with van der Waals surface area (Å²) >= 11 is 1.69. The highest BCUT2D eigenvalue weighted by molar-refractivity contribution is 7.16.